The van der Waals surface area contributed by atoms with Gasteiger partial charge >= 0.3 is 6.03 Å². The SMILES string of the molecule is CS(=O)(=O)Nc1ccc(C(=O)NC(=O)N2CCC(Oc3ccc(Cl)cc3)CC2)cc1. The highest BCUT2D eigenvalue weighted by Gasteiger charge is 2.25. The number of hydrogen-bond donors (Lipinski definition) is 2. The maximum atomic E-state index is 12.4. The second-order valence-electron chi connectivity index (χ2n) is 6.97. The highest BCUT2D eigenvalue weighted by atomic mass is 35.5. The summed E-state index contributed by atoms with van der Waals surface area (Å²) in [5, 5.41) is 3.00. The van der Waals surface area contributed by atoms with E-state index >= 15 is 0 Å². The number of benzene rings is 2. The maximum Gasteiger partial charge on any atom is 0.324 e. The summed E-state index contributed by atoms with van der Waals surface area (Å²) < 4.78 is 30.7. The molecule has 1 aliphatic heterocycles. The van der Waals surface area contributed by atoms with Crippen LogP contribution in [0.2, 0.25) is 5.02 Å². The quantitative estimate of drug-likeness (QED) is 0.726. The van der Waals surface area contributed by atoms with Crippen molar-refractivity contribution in [3.63, 3.8) is 0 Å². The van der Waals surface area contributed by atoms with E-state index in [0.717, 1.165) is 12.0 Å². The van der Waals surface area contributed by atoms with Crippen LogP contribution >= 0.6 is 11.6 Å². The summed E-state index contributed by atoms with van der Waals surface area (Å²) in [6.45, 7) is 0.934. The van der Waals surface area contributed by atoms with E-state index in [1.807, 2.05) is 0 Å². The molecule has 0 spiro atoms. The zero-order valence-corrected chi connectivity index (χ0v) is 17.9. The second kappa shape index (κ2) is 9.36. The van der Waals surface area contributed by atoms with Gasteiger partial charge in [0.1, 0.15) is 11.9 Å². The van der Waals surface area contributed by atoms with Crippen molar-refractivity contribution in [2.75, 3.05) is 24.1 Å². The summed E-state index contributed by atoms with van der Waals surface area (Å²) in [6.07, 6.45) is 2.32. The van der Waals surface area contributed by atoms with Gasteiger partial charge in [-0.3, -0.25) is 14.8 Å². The lowest BCUT2D eigenvalue weighted by atomic mass is 10.1. The molecular formula is C20H22ClN3O5S. The zero-order valence-electron chi connectivity index (χ0n) is 16.3. The van der Waals surface area contributed by atoms with Crippen molar-refractivity contribution < 1.29 is 22.7 Å². The number of carbonyl (C=O) groups is 2. The van der Waals surface area contributed by atoms with Gasteiger partial charge < -0.3 is 9.64 Å². The molecule has 1 aliphatic rings. The van der Waals surface area contributed by atoms with E-state index in [4.69, 9.17) is 16.3 Å². The van der Waals surface area contributed by atoms with Crippen LogP contribution in [0.15, 0.2) is 48.5 Å². The van der Waals surface area contributed by atoms with E-state index in [9.17, 15) is 18.0 Å². The smallest absolute Gasteiger partial charge is 0.324 e. The number of rotatable bonds is 5. The molecule has 0 bridgehead atoms. The molecule has 1 saturated heterocycles. The summed E-state index contributed by atoms with van der Waals surface area (Å²) in [7, 11) is -3.40. The van der Waals surface area contributed by atoms with Crippen molar-refractivity contribution in [2.24, 2.45) is 0 Å². The third-order valence-electron chi connectivity index (χ3n) is 4.52. The molecule has 2 N–H and O–H groups in total. The Morgan fingerprint density at radius 2 is 1.63 bits per heavy atom. The Bertz CT molecular complexity index is 1000. The fraction of sp³-hybridized carbons (Fsp3) is 0.300. The minimum Gasteiger partial charge on any atom is -0.490 e. The lowest BCUT2D eigenvalue weighted by molar-refractivity contribution is 0.0916. The molecule has 0 atom stereocenters. The topological polar surface area (TPSA) is 105 Å². The first-order valence-electron chi connectivity index (χ1n) is 9.30. The number of ether oxygens (including phenoxy) is 1. The lowest BCUT2D eigenvalue weighted by Crippen LogP contribution is -2.48. The van der Waals surface area contributed by atoms with Gasteiger partial charge in [0.05, 0.1) is 6.26 Å². The first-order valence-corrected chi connectivity index (χ1v) is 11.6. The molecule has 0 radical (unpaired) electrons. The number of nitrogens with zero attached hydrogens (tertiary/aromatic N) is 1. The van der Waals surface area contributed by atoms with Gasteiger partial charge in [0, 0.05) is 42.2 Å². The molecule has 1 heterocycles. The first-order chi connectivity index (χ1) is 14.2. The number of imide groups is 1. The average molecular weight is 452 g/mol. The van der Waals surface area contributed by atoms with E-state index in [0.29, 0.717) is 36.6 Å². The van der Waals surface area contributed by atoms with Crippen LogP contribution in [-0.2, 0) is 10.0 Å². The highest BCUT2D eigenvalue weighted by Crippen LogP contribution is 2.21. The van der Waals surface area contributed by atoms with Crippen molar-refractivity contribution in [2.45, 2.75) is 18.9 Å². The standard InChI is InChI=1S/C20H22ClN3O5S/c1-30(27,28)23-16-6-2-14(3-7-16)19(25)22-20(26)24-12-10-18(11-13-24)29-17-8-4-15(21)5-9-17/h2-9,18,23H,10-13H2,1H3,(H,22,25,26). The molecule has 8 nitrogen and oxygen atoms in total. The predicted octanol–water partition coefficient (Wildman–Crippen LogP) is 3.10. The van der Waals surface area contributed by atoms with E-state index in [-0.39, 0.29) is 11.7 Å². The molecule has 0 saturated carbocycles. The number of urea groups is 1. The normalized spacial score (nSPS) is 14.8. The number of hydrogen-bond acceptors (Lipinski definition) is 5. The van der Waals surface area contributed by atoms with Crippen LogP contribution in [0, 0.1) is 0 Å². The summed E-state index contributed by atoms with van der Waals surface area (Å²) in [4.78, 5) is 26.2. The second-order valence-corrected chi connectivity index (χ2v) is 9.15. The number of nitrogens with one attached hydrogen (secondary N) is 2. The molecule has 0 unspecified atom stereocenters. The first kappa shape index (κ1) is 21.9. The molecule has 2 aromatic rings. The Labute approximate surface area is 180 Å². The summed E-state index contributed by atoms with van der Waals surface area (Å²) >= 11 is 5.87. The fourth-order valence-corrected chi connectivity index (χ4v) is 3.72. The molecule has 10 heteroatoms. The number of anilines is 1. The lowest BCUT2D eigenvalue weighted by Gasteiger charge is -2.32. The van der Waals surface area contributed by atoms with Gasteiger partial charge in [0.15, 0.2) is 0 Å². The molecule has 160 valence electrons. The Balaban J connectivity index is 1.48. The molecule has 30 heavy (non-hydrogen) atoms. The van der Waals surface area contributed by atoms with Gasteiger partial charge in [0.25, 0.3) is 5.91 Å². The fourth-order valence-electron chi connectivity index (χ4n) is 3.03. The summed E-state index contributed by atoms with van der Waals surface area (Å²) in [6, 6.07) is 12.5. The van der Waals surface area contributed by atoms with Crippen LogP contribution in [-0.4, -0.2) is 50.7 Å². The average Bonchev–Trinajstić information content (AvgIpc) is 2.69. The number of piperidine rings is 1. The van der Waals surface area contributed by atoms with Crippen LogP contribution in [0.3, 0.4) is 0 Å². The largest absolute Gasteiger partial charge is 0.490 e. The Kier molecular flexibility index (Phi) is 6.84. The van der Waals surface area contributed by atoms with Gasteiger partial charge in [-0.2, -0.15) is 0 Å². The number of sulfonamides is 1. The maximum absolute atomic E-state index is 12.4. The van der Waals surface area contributed by atoms with Crippen molar-refractivity contribution in [3.8, 4) is 5.75 Å². The number of carbonyl (C=O) groups excluding carboxylic acids is 2. The third-order valence-corrected chi connectivity index (χ3v) is 5.37. The summed E-state index contributed by atoms with van der Waals surface area (Å²) in [5.74, 6) is 0.178. The van der Waals surface area contributed by atoms with Crippen LogP contribution < -0.4 is 14.8 Å². The van der Waals surface area contributed by atoms with E-state index in [2.05, 4.69) is 10.0 Å². The molecule has 3 amide bonds. The monoisotopic (exact) mass is 451 g/mol. The molecule has 0 aromatic heterocycles. The number of halogens is 1. The molecule has 3 rings (SSSR count). The van der Waals surface area contributed by atoms with E-state index in [1.165, 1.54) is 24.3 Å². The van der Waals surface area contributed by atoms with Crippen LogP contribution in [0.5, 0.6) is 5.75 Å². The molecule has 2 aromatic carbocycles. The number of amides is 3. The van der Waals surface area contributed by atoms with Crippen molar-refractivity contribution >= 4 is 39.2 Å². The Hall–Kier alpha value is -2.78. The van der Waals surface area contributed by atoms with Crippen molar-refractivity contribution in [1.82, 2.24) is 10.2 Å². The number of likely N-dealkylation sites (tertiary alicyclic amines) is 1. The molecule has 0 aliphatic carbocycles. The van der Waals surface area contributed by atoms with Gasteiger partial charge in [-0.05, 0) is 48.5 Å². The van der Waals surface area contributed by atoms with Crippen LogP contribution in [0.1, 0.15) is 23.2 Å². The van der Waals surface area contributed by atoms with Gasteiger partial charge in [-0.15, -0.1) is 0 Å². The zero-order chi connectivity index (χ0) is 21.7. The van der Waals surface area contributed by atoms with Gasteiger partial charge in [-0.1, -0.05) is 11.6 Å². The third kappa shape index (κ3) is 6.36. The summed E-state index contributed by atoms with van der Waals surface area (Å²) in [5.41, 5.74) is 0.589. The highest BCUT2D eigenvalue weighted by molar-refractivity contribution is 7.92. The molecule has 1 fully saturated rings. The van der Waals surface area contributed by atoms with E-state index in [1.54, 1.807) is 29.2 Å². The van der Waals surface area contributed by atoms with Crippen molar-refractivity contribution in [3.05, 3.63) is 59.1 Å². The Morgan fingerprint density at radius 3 is 2.20 bits per heavy atom. The van der Waals surface area contributed by atoms with Crippen LogP contribution in [0.4, 0.5) is 10.5 Å². The van der Waals surface area contributed by atoms with Crippen molar-refractivity contribution in [1.29, 1.82) is 0 Å². The van der Waals surface area contributed by atoms with Gasteiger partial charge in [0.2, 0.25) is 10.0 Å². The minimum atomic E-state index is -3.40. The minimum absolute atomic E-state index is 0.0131. The predicted molar refractivity (Wildman–Crippen MR) is 114 cm³/mol. The van der Waals surface area contributed by atoms with E-state index < -0.39 is 22.0 Å². The van der Waals surface area contributed by atoms with Gasteiger partial charge in [-0.25, -0.2) is 13.2 Å². The Morgan fingerprint density at radius 1 is 1.03 bits per heavy atom. The molecular weight excluding hydrogens is 430 g/mol. The van der Waals surface area contributed by atoms with Crippen LogP contribution in [0.25, 0.3) is 0 Å².